The van der Waals surface area contributed by atoms with Gasteiger partial charge in [-0.05, 0) is 60.2 Å². The molecule has 3 heteroatoms. The topological polar surface area (TPSA) is 23.0 Å². The van der Waals surface area contributed by atoms with Crippen molar-refractivity contribution in [2.45, 2.75) is 0 Å². The second-order valence-electron chi connectivity index (χ2n) is 11.8. The van der Waals surface area contributed by atoms with E-state index >= 15 is 0 Å². The van der Waals surface area contributed by atoms with Crippen LogP contribution in [0.3, 0.4) is 0 Å². The van der Waals surface area contributed by atoms with E-state index in [-0.39, 0.29) is 0 Å². The average molecular weight is 575 g/mol. The molecular formula is C42H26N2O. The summed E-state index contributed by atoms with van der Waals surface area (Å²) in [5, 5.41) is 7.33. The fourth-order valence-electron chi connectivity index (χ4n) is 7.33. The maximum Gasteiger partial charge on any atom is 0.143 e. The molecule has 0 N–H and O–H groups in total. The van der Waals surface area contributed by atoms with Gasteiger partial charge in [0.1, 0.15) is 11.2 Å². The zero-order valence-electron chi connectivity index (χ0n) is 24.3. The fraction of sp³-hybridized carbons (Fsp3) is 0. The van der Waals surface area contributed by atoms with Gasteiger partial charge in [0.05, 0.1) is 22.1 Å². The van der Waals surface area contributed by atoms with Crippen LogP contribution in [0.5, 0.6) is 0 Å². The molecule has 0 saturated heterocycles. The molecule has 0 amide bonds. The molecule has 0 fully saturated rings. The first-order valence-corrected chi connectivity index (χ1v) is 15.4. The van der Waals surface area contributed by atoms with Gasteiger partial charge in [0, 0.05) is 49.3 Å². The van der Waals surface area contributed by atoms with Crippen LogP contribution in [-0.2, 0) is 0 Å². The molecule has 3 nitrogen and oxygen atoms in total. The van der Waals surface area contributed by atoms with Gasteiger partial charge in [-0.15, -0.1) is 0 Å². The summed E-state index contributed by atoms with van der Waals surface area (Å²) in [5.74, 6) is 0. The molecule has 10 aromatic rings. The highest BCUT2D eigenvalue weighted by Crippen LogP contribution is 2.40. The number of hydrogen-bond donors (Lipinski definition) is 0. The predicted octanol–water partition coefficient (Wildman–Crippen LogP) is 11.4. The van der Waals surface area contributed by atoms with Crippen LogP contribution in [-0.4, -0.2) is 9.13 Å². The maximum absolute atomic E-state index is 6.36. The van der Waals surface area contributed by atoms with Gasteiger partial charge in [0.15, 0.2) is 0 Å². The van der Waals surface area contributed by atoms with Crippen molar-refractivity contribution < 1.29 is 4.42 Å². The maximum atomic E-state index is 6.36. The van der Waals surface area contributed by atoms with E-state index in [0.717, 1.165) is 44.4 Å². The Morgan fingerprint density at radius 3 is 1.60 bits per heavy atom. The molecule has 0 aliphatic rings. The van der Waals surface area contributed by atoms with Crippen molar-refractivity contribution in [3.8, 4) is 22.5 Å². The third kappa shape index (κ3) is 3.46. The van der Waals surface area contributed by atoms with Crippen molar-refractivity contribution in [1.82, 2.24) is 9.13 Å². The molecule has 210 valence electrons. The predicted molar refractivity (Wildman–Crippen MR) is 188 cm³/mol. The van der Waals surface area contributed by atoms with Gasteiger partial charge >= 0.3 is 0 Å². The minimum absolute atomic E-state index is 0.918. The van der Waals surface area contributed by atoms with Crippen molar-refractivity contribution in [2.75, 3.05) is 0 Å². The molecule has 0 aliphatic heterocycles. The summed E-state index contributed by atoms with van der Waals surface area (Å²) in [6.07, 6.45) is 0. The van der Waals surface area contributed by atoms with Crippen molar-refractivity contribution in [3.63, 3.8) is 0 Å². The molecule has 10 rings (SSSR count). The van der Waals surface area contributed by atoms with Gasteiger partial charge in [-0.1, -0.05) is 103 Å². The second kappa shape index (κ2) is 9.22. The quantitative estimate of drug-likeness (QED) is 0.206. The number of hydrogen-bond acceptors (Lipinski definition) is 1. The molecule has 0 aliphatic carbocycles. The summed E-state index contributed by atoms with van der Waals surface area (Å²) in [7, 11) is 0. The van der Waals surface area contributed by atoms with E-state index in [0.29, 0.717) is 0 Å². The highest BCUT2D eigenvalue weighted by molar-refractivity contribution is 6.19. The summed E-state index contributed by atoms with van der Waals surface area (Å²) >= 11 is 0. The summed E-state index contributed by atoms with van der Waals surface area (Å²) in [4.78, 5) is 0. The van der Waals surface area contributed by atoms with E-state index in [9.17, 15) is 0 Å². The van der Waals surface area contributed by atoms with E-state index in [1.54, 1.807) is 0 Å². The van der Waals surface area contributed by atoms with Crippen LogP contribution in [0.1, 0.15) is 0 Å². The Kier molecular flexibility index (Phi) is 5.00. The third-order valence-corrected chi connectivity index (χ3v) is 9.32. The average Bonchev–Trinajstić information content (AvgIpc) is 3.75. The number of rotatable bonds is 3. The van der Waals surface area contributed by atoms with Gasteiger partial charge < -0.3 is 13.6 Å². The minimum atomic E-state index is 0.918. The third-order valence-electron chi connectivity index (χ3n) is 9.32. The molecule has 0 radical (unpaired) electrons. The molecule has 0 bridgehead atoms. The first-order valence-electron chi connectivity index (χ1n) is 15.4. The van der Waals surface area contributed by atoms with Crippen LogP contribution in [0, 0.1) is 0 Å². The highest BCUT2D eigenvalue weighted by atomic mass is 16.3. The number of nitrogens with zero attached hydrogens (tertiary/aromatic N) is 2. The first-order chi connectivity index (χ1) is 22.3. The zero-order chi connectivity index (χ0) is 29.5. The zero-order valence-corrected chi connectivity index (χ0v) is 24.3. The molecular weight excluding hydrogens is 548 g/mol. The Bertz CT molecular complexity index is 2740. The van der Waals surface area contributed by atoms with Gasteiger partial charge in [-0.2, -0.15) is 0 Å². The molecule has 45 heavy (non-hydrogen) atoms. The summed E-state index contributed by atoms with van der Waals surface area (Å²) in [6.45, 7) is 0. The van der Waals surface area contributed by atoms with Gasteiger partial charge in [0.2, 0.25) is 0 Å². The SMILES string of the molecule is c1ccc(-n2c3ccccc3c3cc4c5ccccc5n(-c5ccc(-c6cccc7c6oc6ccccc67)cc5)c4cc32)cc1. The molecule has 3 aromatic heterocycles. The largest absolute Gasteiger partial charge is 0.455 e. The Labute approximate surface area is 258 Å². The lowest BCUT2D eigenvalue weighted by atomic mass is 10.0. The minimum Gasteiger partial charge on any atom is -0.455 e. The lowest BCUT2D eigenvalue weighted by Gasteiger charge is -2.11. The van der Waals surface area contributed by atoms with E-state index < -0.39 is 0 Å². The van der Waals surface area contributed by atoms with E-state index in [2.05, 4.69) is 155 Å². The number of aromatic nitrogens is 2. The lowest BCUT2D eigenvalue weighted by Crippen LogP contribution is -1.95. The second-order valence-corrected chi connectivity index (χ2v) is 11.8. The van der Waals surface area contributed by atoms with E-state index in [4.69, 9.17) is 4.42 Å². The van der Waals surface area contributed by atoms with E-state index in [1.807, 2.05) is 12.1 Å². The van der Waals surface area contributed by atoms with Crippen LogP contribution >= 0.6 is 0 Å². The van der Waals surface area contributed by atoms with Crippen LogP contribution in [0.15, 0.2) is 162 Å². The Morgan fingerprint density at radius 2 is 0.911 bits per heavy atom. The van der Waals surface area contributed by atoms with Crippen molar-refractivity contribution >= 4 is 65.6 Å². The molecule has 7 aromatic carbocycles. The van der Waals surface area contributed by atoms with Gasteiger partial charge in [-0.3, -0.25) is 0 Å². The van der Waals surface area contributed by atoms with Crippen molar-refractivity contribution in [2.24, 2.45) is 0 Å². The number of fused-ring (bicyclic) bond motifs is 9. The lowest BCUT2D eigenvalue weighted by molar-refractivity contribution is 0.670. The summed E-state index contributed by atoms with van der Waals surface area (Å²) < 4.78 is 11.2. The monoisotopic (exact) mass is 574 g/mol. The Morgan fingerprint density at radius 1 is 0.356 bits per heavy atom. The fourth-order valence-corrected chi connectivity index (χ4v) is 7.33. The van der Waals surface area contributed by atoms with Gasteiger partial charge in [-0.25, -0.2) is 0 Å². The van der Waals surface area contributed by atoms with Gasteiger partial charge in [0.25, 0.3) is 0 Å². The van der Waals surface area contributed by atoms with Crippen molar-refractivity contribution in [1.29, 1.82) is 0 Å². The van der Waals surface area contributed by atoms with Crippen LogP contribution in [0.2, 0.25) is 0 Å². The smallest absolute Gasteiger partial charge is 0.143 e. The Hall–Kier alpha value is -6.06. The number of furan rings is 1. The molecule has 0 atom stereocenters. The van der Waals surface area contributed by atoms with Crippen LogP contribution in [0.4, 0.5) is 0 Å². The van der Waals surface area contributed by atoms with E-state index in [1.165, 1.54) is 43.6 Å². The molecule has 0 spiro atoms. The van der Waals surface area contributed by atoms with Crippen molar-refractivity contribution in [3.05, 3.63) is 158 Å². The number of para-hydroxylation sites is 5. The molecule has 0 unspecified atom stereocenters. The normalized spacial score (nSPS) is 12.0. The van der Waals surface area contributed by atoms with Crippen LogP contribution in [0.25, 0.3) is 88.1 Å². The number of benzene rings is 7. The highest BCUT2D eigenvalue weighted by Gasteiger charge is 2.18. The standard InChI is InChI=1S/C42H26N2O/c1-2-11-28(12-3-1)43-37-18-7-4-13-31(37)35-25-36-32-14-5-8-19-38(32)44(40(36)26-39(35)43)29-23-21-27(22-24-29)30-16-10-17-34-33-15-6-9-20-41(33)45-42(30)34/h1-26H. The molecule has 3 heterocycles. The summed E-state index contributed by atoms with van der Waals surface area (Å²) in [6, 6.07) is 56.5. The Balaban J connectivity index is 1.22. The van der Waals surface area contributed by atoms with Crippen LogP contribution < -0.4 is 0 Å². The molecule has 0 saturated carbocycles. The first kappa shape index (κ1) is 24.4. The summed E-state index contributed by atoms with van der Waals surface area (Å²) in [5.41, 5.74) is 11.2.